The number of hydrogen-bond donors (Lipinski definition) is 1. The van der Waals surface area contributed by atoms with Gasteiger partial charge in [-0.3, -0.25) is 9.80 Å². The van der Waals surface area contributed by atoms with Crippen LogP contribution in [0.3, 0.4) is 0 Å². The van der Waals surface area contributed by atoms with E-state index in [4.69, 9.17) is 5.84 Å². The zero-order valence-corrected chi connectivity index (χ0v) is 8.30. The van der Waals surface area contributed by atoms with Gasteiger partial charge in [-0.2, -0.15) is 0 Å². The zero-order valence-electron chi connectivity index (χ0n) is 8.30. The van der Waals surface area contributed by atoms with E-state index in [2.05, 4.69) is 0 Å². The Morgan fingerprint density at radius 3 is 2.00 bits per heavy atom. The second-order valence-corrected chi connectivity index (χ2v) is 2.69. The van der Waals surface area contributed by atoms with E-state index in [0.717, 1.165) is 17.1 Å². The number of amides is 1. The minimum Gasteiger partial charge on any atom is -0.284 e. The third-order valence-corrected chi connectivity index (χ3v) is 1.38. The Kier molecular flexibility index (Phi) is 5.40. The molecule has 0 aliphatic carbocycles. The van der Waals surface area contributed by atoms with Crippen molar-refractivity contribution in [3.63, 3.8) is 0 Å². The van der Waals surface area contributed by atoms with Crippen molar-refractivity contribution in [1.29, 1.82) is 0 Å². The summed E-state index contributed by atoms with van der Waals surface area (Å²) in [6.07, 6.45) is 0. The first kappa shape index (κ1) is 13.4. The Hall–Kier alpha value is -1.56. The number of rotatable bonds is 0. The fourth-order valence-electron chi connectivity index (χ4n) is 0.470. The van der Waals surface area contributed by atoms with Gasteiger partial charge in [0.15, 0.2) is 11.6 Å². The van der Waals surface area contributed by atoms with Gasteiger partial charge in [-0.05, 0) is 12.1 Å². The van der Waals surface area contributed by atoms with Crippen molar-refractivity contribution < 1.29 is 18.0 Å². The molecule has 0 radical (unpaired) electrons. The van der Waals surface area contributed by atoms with E-state index in [1.165, 1.54) is 14.0 Å². The first-order valence-corrected chi connectivity index (χ1v) is 3.94. The van der Waals surface area contributed by atoms with Crippen LogP contribution in [0, 0.1) is 17.5 Å². The number of nitrogens with two attached hydrogens (primary N) is 1. The van der Waals surface area contributed by atoms with Gasteiger partial charge in [0.05, 0.1) is 0 Å². The molecule has 0 aliphatic rings. The standard InChI is InChI=1S/C6H3F3.C3H8N2O/c7-4-1-2-5(8)6(9)3-4;1-3(6)5(2)4/h1-3H;4H2,1-2H3. The number of halogens is 3. The lowest BCUT2D eigenvalue weighted by Crippen LogP contribution is -2.30. The molecule has 0 saturated heterocycles. The van der Waals surface area contributed by atoms with Crippen molar-refractivity contribution in [2.45, 2.75) is 6.92 Å². The van der Waals surface area contributed by atoms with E-state index in [0.29, 0.717) is 6.07 Å². The molecular formula is C9H11F3N2O. The third-order valence-electron chi connectivity index (χ3n) is 1.38. The van der Waals surface area contributed by atoms with Crippen LogP contribution in [-0.4, -0.2) is 18.0 Å². The highest BCUT2D eigenvalue weighted by Gasteiger charge is 1.99. The van der Waals surface area contributed by atoms with E-state index >= 15 is 0 Å². The van der Waals surface area contributed by atoms with Gasteiger partial charge >= 0.3 is 0 Å². The molecule has 1 aromatic carbocycles. The van der Waals surface area contributed by atoms with Crippen LogP contribution in [-0.2, 0) is 4.79 Å². The second kappa shape index (κ2) is 6.02. The highest BCUT2D eigenvalue weighted by atomic mass is 19.2. The summed E-state index contributed by atoms with van der Waals surface area (Å²) in [4.78, 5) is 9.94. The van der Waals surface area contributed by atoms with E-state index in [1.54, 1.807) is 0 Å². The van der Waals surface area contributed by atoms with Gasteiger partial charge in [0, 0.05) is 20.0 Å². The normalized spacial score (nSPS) is 8.93. The number of carbonyl (C=O) groups excluding carboxylic acids is 1. The molecule has 0 aliphatic heterocycles. The summed E-state index contributed by atoms with van der Waals surface area (Å²) in [5.74, 6) is 1.83. The van der Waals surface area contributed by atoms with Gasteiger partial charge in [-0.15, -0.1) is 0 Å². The van der Waals surface area contributed by atoms with Crippen molar-refractivity contribution in [3.05, 3.63) is 35.7 Å². The maximum absolute atomic E-state index is 12.0. The van der Waals surface area contributed by atoms with Gasteiger partial charge in [-0.1, -0.05) is 0 Å². The fourth-order valence-corrected chi connectivity index (χ4v) is 0.470. The van der Waals surface area contributed by atoms with E-state index in [9.17, 15) is 18.0 Å². The van der Waals surface area contributed by atoms with Crippen molar-refractivity contribution in [2.24, 2.45) is 5.84 Å². The Bertz CT molecular complexity index is 342. The first-order chi connectivity index (χ1) is 6.84. The molecule has 0 atom stereocenters. The van der Waals surface area contributed by atoms with Crippen molar-refractivity contribution in [1.82, 2.24) is 5.01 Å². The lowest BCUT2D eigenvalue weighted by molar-refractivity contribution is -0.127. The van der Waals surface area contributed by atoms with E-state index in [-0.39, 0.29) is 5.91 Å². The fraction of sp³-hybridized carbons (Fsp3) is 0.222. The summed E-state index contributed by atoms with van der Waals surface area (Å²) in [6.45, 7) is 1.40. The Labute approximate surface area is 85.3 Å². The van der Waals surface area contributed by atoms with Crippen LogP contribution in [0.15, 0.2) is 18.2 Å². The SMILES string of the molecule is CC(=O)N(C)N.Fc1ccc(F)c(F)c1. The molecule has 1 amide bonds. The quantitative estimate of drug-likeness (QED) is 0.311. The molecule has 0 bridgehead atoms. The summed E-state index contributed by atoms with van der Waals surface area (Å²) in [5.41, 5.74) is 0. The number of benzene rings is 1. The van der Waals surface area contributed by atoms with Crippen molar-refractivity contribution in [2.75, 3.05) is 7.05 Å². The molecule has 6 heteroatoms. The molecule has 0 aromatic heterocycles. The predicted octanol–water partition coefficient (Wildman–Crippen LogP) is 1.44. The maximum atomic E-state index is 12.0. The van der Waals surface area contributed by atoms with Gasteiger partial charge < -0.3 is 0 Å². The Morgan fingerprint density at radius 1 is 1.27 bits per heavy atom. The topological polar surface area (TPSA) is 46.3 Å². The van der Waals surface area contributed by atoms with Gasteiger partial charge in [0.1, 0.15) is 5.82 Å². The molecule has 3 nitrogen and oxygen atoms in total. The molecule has 2 N–H and O–H groups in total. The van der Waals surface area contributed by atoms with Gasteiger partial charge in [0.25, 0.3) is 0 Å². The molecule has 0 unspecified atom stereocenters. The smallest absolute Gasteiger partial charge is 0.233 e. The lowest BCUT2D eigenvalue weighted by Gasteiger charge is -2.02. The molecule has 0 spiro atoms. The number of hydrazine groups is 1. The van der Waals surface area contributed by atoms with Crippen LogP contribution in [0.2, 0.25) is 0 Å². The van der Waals surface area contributed by atoms with Gasteiger partial charge in [-0.25, -0.2) is 19.0 Å². The Morgan fingerprint density at radius 2 is 1.73 bits per heavy atom. The average molecular weight is 220 g/mol. The summed E-state index contributed by atoms with van der Waals surface area (Å²) in [6, 6.07) is 2.10. The van der Waals surface area contributed by atoms with Crippen LogP contribution in [0.4, 0.5) is 13.2 Å². The van der Waals surface area contributed by atoms with Crippen molar-refractivity contribution in [3.8, 4) is 0 Å². The van der Waals surface area contributed by atoms with E-state index < -0.39 is 17.5 Å². The highest BCUT2D eigenvalue weighted by Crippen LogP contribution is 2.05. The molecule has 0 saturated carbocycles. The molecule has 84 valence electrons. The molecule has 1 aromatic rings. The predicted molar refractivity (Wildman–Crippen MR) is 48.9 cm³/mol. The molecule has 15 heavy (non-hydrogen) atoms. The van der Waals surface area contributed by atoms with Crippen LogP contribution < -0.4 is 5.84 Å². The summed E-state index contributed by atoms with van der Waals surface area (Å²) >= 11 is 0. The van der Waals surface area contributed by atoms with Crippen LogP contribution in [0.25, 0.3) is 0 Å². The average Bonchev–Trinajstić information content (AvgIpc) is 2.13. The summed E-state index contributed by atoms with van der Waals surface area (Å²) < 4.78 is 35.9. The second-order valence-electron chi connectivity index (χ2n) is 2.69. The van der Waals surface area contributed by atoms with E-state index in [1.807, 2.05) is 0 Å². The molecule has 1 rings (SSSR count). The van der Waals surface area contributed by atoms with Crippen molar-refractivity contribution >= 4 is 5.91 Å². The molecule has 0 fully saturated rings. The van der Waals surface area contributed by atoms with Crippen LogP contribution in [0.5, 0.6) is 0 Å². The maximum Gasteiger partial charge on any atom is 0.233 e. The third kappa shape index (κ3) is 5.69. The molecule has 0 heterocycles. The first-order valence-electron chi connectivity index (χ1n) is 3.94. The number of carbonyl (C=O) groups is 1. The summed E-state index contributed by atoms with van der Waals surface area (Å²) in [5, 5.41) is 1.03. The summed E-state index contributed by atoms with van der Waals surface area (Å²) in [7, 11) is 1.50. The monoisotopic (exact) mass is 220 g/mol. The van der Waals surface area contributed by atoms with Gasteiger partial charge in [0.2, 0.25) is 5.91 Å². The zero-order chi connectivity index (χ0) is 12.0. The van der Waals surface area contributed by atoms with Crippen LogP contribution in [0.1, 0.15) is 6.92 Å². The Balaban J connectivity index is 0.000000288. The number of hydrogen-bond acceptors (Lipinski definition) is 2. The largest absolute Gasteiger partial charge is 0.284 e. The molecular weight excluding hydrogens is 209 g/mol. The minimum atomic E-state index is -1.16. The highest BCUT2D eigenvalue weighted by molar-refractivity contribution is 5.71. The lowest BCUT2D eigenvalue weighted by atomic mass is 10.3. The minimum absolute atomic E-state index is 0.130. The van der Waals surface area contributed by atoms with Crippen LogP contribution >= 0.6 is 0 Å². The number of nitrogens with zero attached hydrogens (tertiary/aromatic N) is 1.